The SMILES string of the molecule is CCn1ccc(CNc2ccc(C(=O)NC)cc2)c1. The number of hydrogen-bond acceptors (Lipinski definition) is 2. The summed E-state index contributed by atoms with van der Waals surface area (Å²) in [6.45, 7) is 3.89. The summed E-state index contributed by atoms with van der Waals surface area (Å²) in [5, 5.41) is 5.94. The molecular weight excluding hydrogens is 238 g/mol. The Morgan fingerprint density at radius 3 is 2.53 bits per heavy atom. The number of nitrogens with one attached hydrogen (secondary N) is 2. The highest BCUT2D eigenvalue weighted by atomic mass is 16.1. The van der Waals surface area contributed by atoms with Crippen molar-refractivity contribution in [3.8, 4) is 0 Å². The van der Waals surface area contributed by atoms with Crippen LogP contribution in [0.15, 0.2) is 42.7 Å². The standard InChI is InChI=1S/C15H19N3O/c1-3-18-9-8-12(11-18)10-17-14-6-4-13(5-7-14)15(19)16-2/h4-9,11,17H,3,10H2,1-2H3,(H,16,19). The van der Waals surface area contributed by atoms with Gasteiger partial charge in [0.2, 0.25) is 0 Å². The number of carbonyl (C=O) groups excluding carboxylic acids is 1. The predicted molar refractivity (Wildman–Crippen MR) is 77.3 cm³/mol. The van der Waals surface area contributed by atoms with E-state index in [1.165, 1.54) is 5.56 Å². The summed E-state index contributed by atoms with van der Waals surface area (Å²) in [6.07, 6.45) is 4.21. The molecule has 0 atom stereocenters. The smallest absolute Gasteiger partial charge is 0.251 e. The summed E-state index contributed by atoms with van der Waals surface area (Å²) in [6, 6.07) is 9.58. The summed E-state index contributed by atoms with van der Waals surface area (Å²) in [5.41, 5.74) is 2.93. The van der Waals surface area contributed by atoms with Crippen LogP contribution in [0.5, 0.6) is 0 Å². The first-order valence-corrected chi connectivity index (χ1v) is 6.43. The third-order valence-electron chi connectivity index (χ3n) is 3.05. The normalized spacial score (nSPS) is 10.2. The zero-order chi connectivity index (χ0) is 13.7. The van der Waals surface area contributed by atoms with E-state index in [0.717, 1.165) is 18.8 Å². The van der Waals surface area contributed by atoms with E-state index >= 15 is 0 Å². The lowest BCUT2D eigenvalue weighted by Gasteiger charge is -2.06. The van der Waals surface area contributed by atoms with Gasteiger partial charge in [-0.2, -0.15) is 0 Å². The molecule has 2 N–H and O–H groups in total. The molecule has 1 aromatic heterocycles. The second kappa shape index (κ2) is 6.09. The van der Waals surface area contributed by atoms with Crippen LogP contribution in [0.3, 0.4) is 0 Å². The molecule has 1 aromatic carbocycles. The largest absolute Gasteiger partial charge is 0.381 e. The highest BCUT2D eigenvalue weighted by molar-refractivity contribution is 5.94. The fourth-order valence-electron chi connectivity index (χ4n) is 1.88. The minimum atomic E-state index is -0.0634. The van der Waals surface area contributed by atoms with Crippen molar-refractivity contribution in [3.63, 3.8) is 0 Å². The molecule has 4 heteroatoms. The highest BCUT2D eigenvalue weighted by Crippen LogP contribution is 2.11. The van der Waals surface area contributed by atoms with Gasteiger partial charge < -0.3 is 15.2 Å². The molecule has 0 radical (unpaired) electrons. The van der Waals surface area contributed by atoms with Gasteiger partial charge in [-0.15, -0.1) is 0 Å². The molecule has 100 valence electrons. The van der Waals surface area contributed by atoms with Crippen LogP contribution in [0.1, 0.15) is 22.8 Å². The molecule has 0 fully saturated rings. The lowest BCUT2D eigenvalue weighted by Crippen LogP contribution is -2.17. The molecule has 0 aliphatic carbocycles. The van der Waals surface area contributed by atoms with Gasteiger partial charge in [0, 0.05) is 43.8 Å². The van der Waals surface area contributed by atoms with Crippen LogP contribution >= 0.6 is 0 Å². The maximum absolute atomic E-state index is 11.4. The molecule has 0 spiro atoms. The van der Waals surface area contributed by atoms with Crippen molar-refractivity contribution in [2.75, 3.05) is 12.4 Å². The number of rotatable bonds is 5. The molecule has 0 aliphatic rings. The van der Waals surface area contributed by atoms with E-state index in [2.05, 4.69) is 40.6 Å². The first-order valence-electron chi connectivity index (χ1n) is 6.43. The van der Waals surface area contributed by atoms with E-state index in [1.54, 1.807) is 7.05 Å². The molecule has 2 rings (SSSR count). The van der Waals surface area contributed by atoms with Gasteiger partial charge in [-0.05, 0) is 42.8 Å². The average Bonchev–Trinajstić information content (AvgIpc) is 2.93. The van der Waals surface area contributed by atoms with Gasteiger partial charge in [0.15, 0.2) is 0 Å². The number of aromatic nitrogens is 1. The van der Waals surface area contributed by atoms with Crippen LogP contribution < -0.4 is 10.6 Å². The van der Waals surface area contributed by atoms with Crippen LogP contribution in [0, 0.1) is 0 Å². The summed E-state index contributed by atoms with van der Waals surface area (Å²) in [7, 11) is 1.63. The van der Waals surface area contributed by atoms with Crippen molar-refractivity contribution < 1.29 is 4.79 Å². The van der Waals surface area contributed by atoms with Crippen molar-refractivity contribution >= 4 is 11.6 Å². The number of amides is 1. The van der Waals surface area contributed by atoms with Crippen molar-refractivity contribution in [1.29, 1.82) is 0 Å². The van der Waals surface area contributed by atoms with Gasteiger partial charge >= 0.3 is 0 Å². The van der Waals surface area contributed by atoms with Crippen molar-refractivity contribution in [2.45, 2.75) is 20.0 Å². The molecule has 19 heavy (non-hydrogen) atoms. The minimum absolute atomic E-state index is 0.0634. The number of nitrogens with zero attached hydrogens (tertiary/aromatic N) is 1. The maximum atomic E-state index is 11.4. The number of aryl methyl sites for hydroxylation is 1. The fourth-order valence-corrected chi connectivity index (χ4v) is 1.88. The Morgan fingerprint density at radius 1 is 1.21 bits per heavy atom. The zero-order valence-corrected chi connectivity index (χ0v) is 11.3. The molecular formula is C15H19N3O. The summed E-state index contributed by atoms with van der Waals surface area (Å²) in [5.74, 6) is -0.0634. The molecule has 1 heterocycles. The monoisotopic (exact) mass is 257 g/mol. The number of anilines is 1. The van der Waals surface area contributed by atoms with E-state index in [0.29, 0.717) is 5.56 Å². The molecule has 1 amide bonds. The molecule has 4 nitrogen and oxygen atoms in total. The van der Waals surface area contributed by atoms with Crippen LogP contribution in [0.25, 0.3) is 0 Å². The maximum Gasteiger partial charge on any atom is 0.251 e. The summed E-state index contributed by atoms with van der Waals surface area (Å²) < 4.78 is 2.14. The Labute approximate surface area is 113 Å². The Hall–Kier alpha value is -2.23. The van der Waals surface area contributed by atoms with Gasteiger partial charge in [-0.1, -0.05) is 0 Å². The Kier molecular flexibility index (Phi) is 4.23. The van der Waals surface area contributed by atoms with Crippen molar-refractivity contribution in [2.24, 2.45) is 0 Å². The van der Waals surface area contributed by atoms with Gasteiger partial charge in [-0.3, -0.25) is 4.79 Å². The topological polar surface area (TPSA) is 46.1 Å². The lowest BCUT2D eigenvalue weighted by molar-refractivity contribution is 0.0963. The Balaban J connectivity index is 1.94. The predicted octanol–water partition coefficient (Wildman–Crippen LogP) is 2.48. The minimum Gasteiger partial charge on any atom is -0.381 e. The summed E-state index contributed by atoms with van der Waals surface area (Å²) >= 11 is 0. The first-order chi connectivity index (χ1) is 9.22. The van der Waals surface area contributed by atoms with E-state index in [4.69, 9.17) is 0 Å². The molecule has 0 bridgehead atoms. The molecule has 0 unspecified atom stereocenters. The fraction of sp³-hybridized carbons (Fsp3) is 0.267. The Morgan fingerprint density at radius 2 is 1.95 bits per heavy atom. The van der Waals surface area contributed by atoms with Gasteiger partial charge in [0.1, 0.15) is 0 Å². The van der Waals surface area contributed by atoms with Gasteiger partial charge in [0.05, 0.1) is 0 Å². The third kappa shape index (κ3) is 3.37. The van der Waals surface area contributed by atoms with E-state index in [9.17, 15) is 4.79 Å². The third-order valence-corrected chi connectivity index (χ3v) is 3.05. The molecule has 0 aliphatic heterocycles. The summed E-state index contributed by atoms with van der Waals surface area (Å²) in [4.78, 5) is 11.4. The van der Waals surface area contributed by atoms with Crippen LogP contribution in [0.4, 0.5) is 5.69 Å². The highest BCUT2D eigenvalue weighted by Gasteiger charge is 2.02. The van der Waals surface area contributed by atoms with Crippen LogP contribution in [-0.4, -0.2) is 17.5 Å². The zero-order valence-electron chi connectivity index (χ0n) is 11.3. The lowest BCUT2D eigenvalue weighted by atomic mass is 10.2. The van der Waals surface area contributed by atoms with Gasteiger partial charge in [0.25, 0.3) is 5.91 Å². The van der Waals surface area contributed by atoms with E-state index in [-0.39, 0.29) is 5.91 Å². The van der Waals surface area contributed by atoms with E-state index in [1.807, 2.05) is 24.3 Å². The van der Waals surface area contributed by atoms with Crippen LogP contribution in [-0.2, 0) is 13.1 Å². The number of hydrogen-bond donors (Lipinski definition) is 2. The quantitative estimate of drug-likeness (QED) is 0.864. The van der Waals surface area contributed by atoms with Crippen molar-refractivity contribution in [1.82, 2.24) is 9.88 Å². The average molecular weight is 257 g/mol. The molecule has 0 saturated heterocycles. The molecule has 0 saturated carbocycles. The number of benzene rings is 1. The second-order valence-corrected chi connectivity index (χ2v) is 4.36. The number of carbonyl (C=O) groups is 1. The first kappa shape index (κ1) is 13.2. The van der Waals surface area contributed by atoms with Crippen LogP contribution in [0.2, 0.25) is 0 Å². The van der Waals surface area contributed by atoms with E-state index < -0.39 is 0 Å². The Bertz CT molecular complexity index is 543. The molecule has 2 aromatic rings. The second-order valence-electron chi connectivity index (χ2n) is 4.36. The van der Waals surface area contributed by atoms with Gasteiger partial charge in [-0.25, -0.2) is 0 Å². The van der Waals surface area contributed by atoms with Crippen molar-refractivity contribution in [3.05, 3.63) is 53.9 Å².